The van der Waals surface area contributed by atoms with Crippen molar-refractivity contribution in [3.8, 4) is 5.75 Å². The molecule has 0 atom stereocenters. The highest BCUT2D eigenvalue weighted by molar-refractivity contribution is 7.89. The summed E-state index contributed by atoms with van der Waals surface area (Å²) in [7, 11) is -2.07. The van der Waals surface area contributed by atoms with Crippen LogP contribution in [0.4, 0.5) is 5.13 Å². The number of fused-ring (bicyclic) bond motifs is 1. The lowest BCUT2D eigenvalue weighted by Gasteiger charge is -2.32. The average molecular weight is 565 g/mol. The molecule has 5 rings (SSSR count). The highest BCUT2D eigenvalue weighted by Crippen LogP contribution is 2.35. The lowest BCUT2D eigenvalue weighted by Crippen LogP contribution is -2.41. The van der Waals surface area contributed by atoms with Crippen LogP contribution in [0.25, 0.3) is 10.2 Å². The van der Waals surface area contributed by atoms with Crippen molar-refractivity contribution in [1.29, 1.82) is 0 Å². The number of ether oxygens (including phenoxy) is 1. The second-order valence-electron chi connectivity index (χ2n) is 9.57. The fourth-order valence-corrected chi connectivity index (χ4v) is 7.82. The molecule has 1 aliphatic carbocycles. The Labute approximate surface area is 233 Å². The van der Waals surface area contributed by atoms with Crippen LogP contribution in [-0.2, 0) is 16.6 Å². The van der Waals surface area contributed by atoms with Crippen LogP contribution in [0, 0.1) is 0 Å². The van der Waals surface area contributed by atoms with Crippen LogP contribution in [0.15, 0.2) is 71.9 Å². The lowest BCUT2D eigenvalue weighted by molar-refractivity contribution is 0.0985. The Balaban J connectivity index is 1.46. The van der Waals surface area contributed by atoms with Crippen molar-refractivity contribution in [2.75, 3.05) is 18.6 Å². The van der Waals surface area contributed by atoms with E-state index in [9.17, 15) is 13.2 Å². The molecule has 0 radical (unpaired) electrons. The molecule has 0 N–H and O–H groups in total. The average Bonchev–Trinajstić information content (AvgIpc) is 3.41. The van der Waals surface area contributed by atoms with Gasteiger partial charge in [0.15, 0.2) is 5.13 Å². The quantitative estimate of drug-likeness (QED) is 0.252. The second kappa shape index (κ2) is 11.8. The number of rotatable bonds is 9. The normalized spacial score (nSPS) is 14.5. The van der Waals surface area contributed by atoms with Gasteiger partial charge >= 0.3 is 0 Å². The summed E-state index contributed by atoms with van der Waals surface area (Å²) in [6, 6.07) is 15.7. The van der Waals surface area contributed by atoms with Gasteiger partial charge in [0.25, 0.3) is 5.91 Å². The van der Waals surface area contributed by atoms with Gasteiger partial charge in [0.05, 0.1) is 23.2 Å². The van der Waals surface area contributed by atoms with Gasteiger partial charge in [0.1, 0.15) is 11.3 Å². The Bertz CT molecular complexity index is 1530. The predicted octanol–water partition coefficient (Wildman–Crippen LogP) is 5.89. The Morgan fingerprint density at radius 3 is 2.41 bits per heavy atom. The minimum Gasteiger partial charge on any atom is -0.494 e. The van der Waals surface area contributed by atoms with Gasteiger partial charge < -0.3 is 4.74 Å². The molecule has 0 aliphatic heterocycles. The van der Waals surface area contributed by atoms with Crippen molar-refractivity contribution in [2.45, 2.75) is 56.5 Å². The third-order valence-electron chi connectivity index (χ3n) is 7.16. The van der Waals surface area contributed by atoms with Gasteiger partial charge in [-0.3, -0.25) is 14.7 Å². The summed E-state index contributed by atoms with van der Waals surface area (Å²) in [5, 5.41) is 0.530. The van der Waals surface area contributed by atoms with Crippen LogP contribution in [0.3, 0.4) is 0 Å². The number of hydrogen-bond acceptors (Lipinski definition) is 7. The molecule has 204 valence electrons. The van der Waals surface area contributed by atoms with E-state index in [1.807, 2.05) is 37.3 Å². The number of carbonyl (C=O) groups is 1. The maximum atomic E-state index is 13.9. The predicted molar refractivity (Wildman–Crippen MR) is 154 cm³/mol. The molecule has 2 heterocycles. The number of para-hydroxylation sites is 1. The molecule has 4 aromatic rings. The summed E-state index contributed by atoms with van der Waals surface area (Å²) in [6.45, 7) is 2.59. The minimum absolute atomic E-state index is 0.0296. The van der Waals surface area contributed by atoms with Gasteiger partial charge in [-0.2, -0.15) is 4.31 Å². The van der Waals surface area contributed by atoms with E-state index < -0.39 is 10.0 Å². The number of sulfonamides is 1. The zero-order valence-corrected chi connectivity index (χ0v) is 23.7. The van der Waals surface area contributed by atoms with Crippen LogP contribution in [0.2, 0.25) is 0 Å². The molecule has 10 heteroatoms. The molecule has 1 saturated carbocycles. The molecule has 0 spiro atoms. The third-order valence-corrected chi connectivity index (χ3v) is 10.2. The summed E-state index contributed by atoms with van der Waals surface area (Å²) < 4.78 is 35.0. The number of thiazole rings is 1. The highest BCUT2D eigenvalue weighted by Gasteiger charge is 2.31. The maximum absolute atomic E-state index is 13.9. The van der Waals surface area contributed by atoms with Crippen molar-refractivity contribution in [3.05, 3.63) is 78.1 Å². The molecule has 0 unspecified atom stereocenters. The van der Waals surface area contributed by atoms with Crippen LogP contribution in [0.5, 0.6) is 5.75 Å². The highest BCUT2D eigenvalue weighted by atomic mass is 32.2. The van der Waals surface area contributed by atoms with Gasteiger partial charge in [0, 0.05) is 30.5 Å². The number of amides is 1. The van der Waals surface area contributed by atoms with Crippen LogP contribution in [-0.4, -0.2) is 48.3 Å². The van der Waals surface area contributed by atoms with Crippen molar-refractivity contribution in [3.63, 3.8) is 0 Å². The minimum atomic E-state index is -3.66. The number of carbonyl (C=O) groups excluding carboxylic acids is 1. The largest absolute Gasteiger partial charge is 0.494 e. The zero-order valence-electron chi connectivity index (χ0n) is 22.1. The van der Waals surface area contributed by atoms with E-state index in [2.05, 4.69) is 4.98 Å². The summed E-state index contributed by atoms with van der Waals surface area (Å²) >= 11 is 1.40. The number of pyridine rings is 1. The topological polar surface area (TPSA) is 92.7 Å². The summed E-state index contributed by atoms with van der Waals surface area (Å²) in [5.74, 6) is 0.368. The maximum Gasteiger partial charge on any atom is 0.260 e. The molecule has 0 saturated heterocycles. The van der Waals surface area contributed by atoms with E-state index in [-0.39, 0.29) is 23.4 Å². The first-order chi connectivity index (χ1) is 18.9. The Morgan fingerprint density at radius 1 is 1.03 bits per heavy atom. The van der Waals surface area contributed by atoms with E-state index in [4.69, 9.17) is 9.72 Å². The molecule has 8 nitrogen and oxygen atoms in total. The van der Waals surface area contributed by atoms with Gasteiger partial charge in [-0.1, -0.05) is 43.6 Å². The first-order valence-electron chi connectivity index (χ1n) is 13.2. The van der Waals surface area contributed by atoms with Gasteiger partial charge in [0.2, 0.25) is 10.0 Å². The molecule has 1 amide bonds. The Morgan fingerprint density at radius 2 is 1.74 bits per heavy atom. The van der Waals surface area contributed by atoms with Gasteiger partial charge in [-0.25, -0.2) is 13.4 Å². The molecule has 1 aliphatic rings. The standard InChI is InChI=1S/C29H32N4O4S2/c1-3-33(23-8-5-4-6-9-23)39(35,36)24-14-12-22(13-15-24)28(34)32(20-21-16-18-30-19-17-21)29-31-27-25(37-2)10-7-11-26(27)38-29/h7,10-19,23H,3-6,8-9,20H2,1-2H3. The van der Waals surface area contributed by atoms with E-state index in [1.54, 1.807) is 53.0 Å². The smallest absolute Gasteiger partial charge is 0.260 e. The Kier molecular flexibility index (Phi) is 8.25. The monoisotopic (exact) mass is 564 g/mol. The number of aromatic nitrogens is 2. The molecule has 2 aromatic heterocycles. The third kappa shape index (κ3) is 5.68. The first-order valence-corrected chi connectivity index (χ1v) is 15.4. The Hall–Kier alpha value is -3.34. The number of hydrogen-bond donors (Lipinski definition) is 0. The molecule has 1 fully saturated rings. The lowest BCUT2D eigenvalue weighted by atomic mass is 9.95. The number of benzene rings is 2. The van der Waals surface area contributed by atoms with E-state index in [0.717, 1.165) is 42.4 Å². The molecule has 0 bridgehead atoms. The van der Waals surface area contributed by atoms with Gasteiger partial charge in [-0.05, 0) is 66.9 Å². The van der Waals surface area contributed by atoms with E-state index in [1.165, 1.54) is 11.3 Å². The van der Waals surface area contributed by atoms with Crippen molar-refractivity contribution >= 4 is 42.6 Å². The molecule has 39 heavy (non-hydrogen) atoms. The number of anilines is 1. The van der Waals surface area contributed by atoms with Crippen LogP contribution in [0.1, 0.15) is 54.9 Å². The fraction of sp³-hybridized carbons (Fsp3) is 0.345. The molecular weight excluding hydrogens is 532 g/mol. The van der Waals surface area contributed by atoms with Crippen molar-refractivity contribution < 1.29 is 17.9 Å². The van der Waals surface area contributed by atoms with Crippen molar-refractivity contribution in [2.24, 2.45) is 0 Å². The first kappa shape index (κ1) is 27.2. The number of nitrogens with zero attached hydrogens (tertiary/aromatic N) is 4. The van der Waals surface area contributed by atoms with Crippen molar-refractivity contribution in [1.82, 2.24) is 14.3 Å². The number of methoxy groups -OCH3 is 1. The van der Waals surface area contributed by atoms with Crippen LogP contribution < -0.4 is 9.64 Å². The summed E-state index contributed by atoms with van der Waals surface area (Å²) in [6.07, 6.45) is 8.41. The summed E-state index contributed by atoms with van der Waals surface area (Å²) in [4.78, 5) is 24.5. The molecule has 2 aromatic carbocycles. The fourth-order valence-electron chi connectivity index (χ4n) is 5.14. The van der Waals surface area contributed by atoms with E-state index >= 15 is 0 Å². The molecular formula is C29H32N4O4S2. The SMILES string of the molecule is CCN(C1CCCCC1)S(=O)(=O)c1ccc(C(=O)N(Cc2ccncc2)c2nc3c(OC)cccc3s2)cc1. The summed E-state index contributed by atoms with van der Waals surface area (Å²) in [5.41, 5.74) is 1.97. The van der Waals surface area contributed by atoms with Gasteiger partial charge in [-0.15, -0.1) is 0 Å². The zero-order chi connectivity index (χ0) is 27.4. The van der Waals surface area contributed by atoms with E-state index in [0.29, 0.717) is 28.5 Å². The van der Waals surface area contributed by atoms with Crippen LogP contribution >= 0.6 is 11.3 Å². The second-order valence-corrected chi connectivity index (χ2v) is 12.5.